The number of methoxy groups -OCH3 is 1. The van der Waals surface area contributed by atoms with Gasteiger partial charge < -0.3 is 10.1 Å². The van der Waals surface area contributed by atoms with E-state index >= 15 is 0 Å². The third-order valence-electron chi connectivity index (χ3n) is 3.33. The number of aromatic nitrogens is 2. The predicted octanol–water partition coefficient (Wildman–Crippen LogP) is 1.98. The van der Waals surface area contributed by atoms with Crippen LogP contribution in [-0.4, -0.2) is 23.2 Å². The zero-order valence-electron chi connectivity index (χ0n) is 12.5. The van der Waals surface area contributed by atoms with Crippen molar-refractivity contribution in [1.82, 2.24) is 15.5 Å². The lowest BCUT2D eigenvalue weighted by molar-refractivity contribution is 0.0944. The van der Waals surface area contributed by atoms with Crippen molar-refractivity contribution in [1.29, 1.82) is 0 Å². The summed E-state index contributed by atoms with van der Waals surface area (Å²) in [4.78, 5) is 23.0. The van der Waals surface area contributed by atoms with Gasteiger partial charge in [0.05, 0.1) is 7.11 Å². The maximum absolute atomic E-state index is 12.0. The summed E-state index contributed by atoms with van der Waals surface area (Å²) in [5, 5.41) is 9.28. The predicted molar refractivity (Wildman–Crippen MR) is 83.5 cm³/mol. The summed E-state index contributed by atoms with van der Waals surface area (Å²) in [6, 6.07) is 4.44. The van der Waals surface area contributed by atoms with Crippen LogP contribution in [0.4, 0.5) is 0 Å². The van der Waals surface area contributed by atoms with Gasteiger partial charge in [-0.1, -0.05) is 11.6 Å². The number of carbonyl (C=O) groups excluding carboxylic acids is 1. The van der Waals surface area contributed by atoms with Gasteiger partial charge in [0, 0.05) is 23.2 Å². The van der Waals surface area contributed by atoms with E-state index in [9.17, 15) is 9.59 Å². The van der Waals surface area contributed by atoms with Gasteiger partial charge in [-0.05, 0) is 37.1 Å². The van der Waals surface area contributed by atoms with Crippen LogP contribution in [0.5, 0.6) is 5.75 Å². The van der Waals surface area contributed by atoms with E-state index in [1.807, 2.05) is 19.9 Å². The van der Waals surface area contributed by atoms with Gasteiger partial charge in [0.1, 0.15) is 11.4 Å². The fourth-order valence-electron chi connectivity index (χ4n) is 2.09. The molecule has 1 heterocycles. The fraction of sp³-hybridized carbons (Fsp3) is 0.267. The Morgan fingerprint density at radius 2 is 2.14 bits per heavy atom. The first-order valence-electron chi connectivity index (χ1n) is 6.60. The van der Waals surface area contributed by atoms with Crippen LogP contribution < -0.4 is 15.6 Å². The zero-order valence-corrected chi connectivity index (χ0v) is 13.2. The molecule has 1 aromatic heterocycles. The summed E-state index contributed by atoms with van der Waals surface area (Å²) in [6.07, 6.45) is 0. The number of nitrogens with one attached hydrogen (secondary N) is 2. The van der Waals surface area contributed by atoms with Crippen LogP contribution >= 0.6 is 11.6 Å². The van der Waals surface area contributed by atoms with Gasteiger partial charge in [0.25, 0.3) is 11.5 Å². The first-order chi connectivity index (χ1) is 10.4. The number of hydrogen-bond acceptors (Lipinski definition) is 4. The quantitative estimate of drug-likeness (QED) is 0.902. The first-order valence-corrected chi connectivity index (χ1v) is 6.98. The molecule has 1 amide bonds. The van der Waals surface area contributed by atoms with Gasteiger partial charge in [0.15, 0.2) is 0 Å². The highest BCUT2D eigenvalue weighted by molar-refractivity contribution is 6.32. The van der Waals surface area contributed by atoms with Crippen molar-refractivity contribution in [3.8, 4) is 5.75 Å². The molecule has 0 saturated carbocycles. The van der Waals surface area contributed by atoms with Crippen LogP contribution in [0, 0.1) is 13.8 Å². The highest BCUT2D eigenvalue weighted by Gasteiger charge is 2.14. The minimum absolute atomic E-state index is 0.134. The Kier molecular flexibility index (Phi) is 4.82. The van der Waals surface area contributed by atoms with Crippen molar-refractivity contribution in [3.05, 3.63) is 56.0 Å². The van der Waals surface area contributed by atoms with E-state index in [0.29, 0.717) is 10.8 Å². The minimum Gasteiger partial charge on any atom is -0.496 e. The van der Waals surface area contributed by atoms with Gasteiger partial charge in [-0.15, -0.1) is 0 Å². The van der Waals surface area contributed by atoms with E-state index in [-0.39, 0.29) is 17.8 Å². The van der Waals surface area contributed by atoms with E-state index in [0.717, 1.165) is 16.7 Å². The number of rotatable bonds is 4. The summed E-state index contributed by atoms with van der Waals surface area (Å²) in [7, 11) is 1.57. The Morgan fingerprint density at radius 1 is 1.41 bits per heavy atom. The molecule has 22 heavy (non-hydrogen) atoms. The Morgan fingerprint density at radius 3 is 2.73 bits per heavy atom. The summed E-state index contributed by atoms with van der Waals surface area (Å²) >= 11 is 6.24. The second kappa shape index (κ2) is 6.62. The molecular formula is C15H16ClN3O3. The van der Waals surface area contributed by atoms with Gasteiger partial charge in [-0.3, -0.25) is 9.59 Å². The molecule has 0 unspecified atom stereocenters. The smallest absolute Gasteiger partial charge is 0.271 e. The van der Waals surface area contributed by atoms with Crippen molar-refractivity contribution in [2.45, 2.75) is 20.4 Å². The maximum Gasteiger partial charge on any atom is 0.271 e. The van der Waals surface area contributed by atoms with Crippen LogP contribution in [-0.2, 0) is 6.54 Å². The molecule has 2 N–H and O–H groups in total. The van der Waals surface area contributed by atoms with E-state index in [2.05, 4.69) is 15.5 Å². The third kappa shape index (κ3) is 3.28. The number of carbonyl (C=O) groups is 1. The normalized spacial score (nSPS) is 10.4. The molecule has 1 aromatic carbocycles. The van der Waals surface area contributed by atoms with Crippen LogP contribution in [0.25, 0.3) is 0 Å². The van der Waals surface area contributed by atoms with Crippen LogP contribution in [0.2, 0.25) is 5.02 Å². The van der Waals surface area contributed by atoms with Crippen LogP contribution in [0.3, 0.4) is 0 Å². The summed E-state index contributed by atoms with van der Waals surface area (Å²) in [5.41, 5.74) is 2.34. The number of nitrogens with zero attached hydrogens (tertiary/aromatic N) is 1. The number of ether oxygens (including phenoxy) is 1. The Bertz CT molecular complexity index is 751. The number of hydrogen-bond donors (Lipinski definition) is 2. The molecule has 0 aliphatic rings. The molecule has 0 saturated heterocycles. The van der Waals surface area contributed by atoms with E-state index in [4.69, 9.17) is 16.3 Å². The third-order valence-corrected chi connectivity index (χ3v) is 3.91. The number of halogens is 1. The Hall–Kier alpha value is -2.34. The number of benzene rings is 1. The maximum atomic E-state index is 12.0. The standard InChI is InChI=1S/C15H16ClN3O3/c1-8-6-12(22-3)10(9(2)14(8)16)7-17-15(21)11-4-5-13(20)19-18-11/h4-6H,7H2,1-3H3,(H,17,21)(H,19,20). The van der Waals surface area contributed by atoms with Crippen molar-refractivity contribution in [2.75, 3.05) is 7.11 Å². The van der Waals surface area contributed by atoms with E-state index in [1.165, 1.54) is 12.1 Å². The average molecular weight is 322 g/mol. The van der Waals surface area contributed by atoms with Gasteiger partial charge >= 0.3 is 0 Å². The minimum atomic E-state index is -0.394. The number of amides is 1. The summed E-state index contributed by atoms with van der Waals surface area (Å²) in [6.45, 7) is 4.01. The lowest BCUT2D eigenvalue weighted by atomic mass is 10.0. The average Bonchev–Trinajstić information content (AvgIpc) is 2.51. The molecule has 0 spiro atoms. The summed E-state index contributed by atoms with van der Waals surface area (Å²) in [5.74, 6) is 0.267. The monoisotopic (exact) mass is 321 g/mol. The SMILES string of the molecule is COc1cc(C)c(Cl)c(C)c1CNC(=O)c1ccc(=O)[nH]n1. The number of aryl methyl sites for hydroxylation is 1. The van der Waals surface area contributed by atoms with Gasteiger partial charge in [0.2, 0.25) is 0 Å². The zero-order chi connectivity index (χ0) is 16.3. The van der Waals surface area contributed by atoms with Crippen molar-refractivity contribution >= 4 is 17.5 Å². The molecular weight excluding hydrogens is 306 g/mol. The second-order valence-corrected chi connectivity index (χ2v) is 5.18. The van der Waals surface area contributed by atoms with Crippen molar-refractivity contribution in [3.63, 3.8) is 0 Å². The summed E-state index contributed by atoms with van der Waals surface area (Å²) < 4.78 is 5.34. The fourth-order valence-corrected chi connectivity index (χ4v) is 2.26. The van der Waals surface area contributed by atoms with E-state index in [1.54, 1.807) is 7.11 Å². The van der Waals surface area contributed by atoms with Gasteiger partial charge in [-0.2, -0.15) is 5.10 Å². The van der Waals surface area contributed by atoms with Crippen molar-refractivity contribution in [2.24, 2.45) is 0 Å². The van der Waals surface area contributed by atoms with Crippen LogP contribution in [0.1, 0.15) is 27.2 Å². The van der Waals surface area contributed by atoms with Crippen molar-refractivity contribution < 1.29 is 9.53 Å². The molecule has 0 atom stereocenters. The first kappa shape index (κ1) is 16.0. The molecule has 0 fully saturated rings. The molecule has 2 rings (SSSR count). The Balaban J connectivity index is 2.21. The molecule has 7 heteroatoms. The van der Waals surface area contributed by atoms with E-state index < -0.39 is 5.91 Å². The Labute approximate surface area is 132 Å². The lowest BCUT2D eigenvalue weighted by Gasteiger charge is -2.15. The topological polar surface area (TPSA) is 84.1 Å². The molecule has 2 aromatic rings. The largest absolute Gasteiger partial charge is 0.496 e. The molecule has 0 aliphatic carbocycles. The highest BCUT2D eigenvalue weighted by atomic mass is 35.5. The molecule has 0 bridgehead atoms. The number of aromatic amines is 1. The second-order valence-electron chi connectivity index (χ2n) is 4.80. The molecule has 6 nitrogen and oxygen atoms in total. The van der Waals surface area contributed by atoms with Crippen LogP contribution in [0.15, 0.2) is 23.0 Å². The number of H-pyrrole nitrogens is 1. The molecule has 116 valence electrons. The molecule has 0 aliphatic heterocycles. The lowest BCUT2D eigenvalue weighted by Crippen LogP contribution is -2.26. The molecule has 0 radical (unpaired) electrons. The highest BCUT2D eigenvalue weighted by Crippen LogP contribution is 2.31. The van der Waals surface area contributed by atoms with Gasteiger partial charge in [-0.25, -0.2) is 5.10 Å².